The Balaban J connectivity index is 2.84. The smallest absolute Gasteiger partial charge is 0.316 e. The highest BCUT2D eigenvalue weighted by atomic mass is 35.5. The van der Waals surface area contributed by atoms with Crippen LogP contribution in [0.25, 0.3) is 0 Å². The van der Waals surface area contributed by atoms with Crippen LogP contribution >= 0.6 is 23.4 Å². The molecule has 0 bridgehead atoms. The summed E-state index contributed by atoms with van der Waals surface area (Å²) >= 11 is 6.87. The number of thioether (sulfide) groups is 1. The number of carboxylic acids is 1. The number of halogens is 1. The molecule has 1 aromatic carbocycles. The van der Waals surface area contributed by atoms with Gasteiger partial charge in [-0.3, -0.25) is 14.9 Å². The van der Waals surface area contributed by atoms with E-state index < -0.39 is 16.1 Å². The fraction of sp³-hybridized carbons (Fsp3) is 0.364. The molecule has 0 fully saturated rings. The van der Waals surface area contributed by atoms with Crippen LogP contribution in [0.15, 0.2) is 18.2 Å². The fourth-order valence-corrected chi connectivity index (χ4v) is 2.55. The van der Waals surface area contributed by atoms with Gasteiger partial charge in [0.05, 0.1) is 4.92 Å². The molecule has 0 aromatic heterocycles. The van der Waals surface area contributed by atoms with Crippen molar-refractivity contribution in [2.45, 2.75) is 24.3 Å². The maximum atomic E-state index is 10.8. The van der Waals surface area contributed by atoms with E-state index in [9.17, 15) is 14.9 Å². The third kappa shape index (κ3) is 3.89. The number of nitro benzene ring substituents is 1. The van der Waals surface area contributed by atoms with Gasteiger partial charge in [-0.1, -0.05) is 18.5 Å². The van der Waals surface area contributed by atoms with Crippen LogP contribution in [0.2, 0.25) is 5.02 Å². The van der Waals surface area contributed by atoms with E-state index in [2.05, 4.69) is 0 Å². The molecule has 1 N–H and O–H groups in total. The maximum Gasteiger partial charge on any atom is 0.316 e. The predicted octanol–water partition coefficient (Wildman–Crippen LogP) is 3.34. The van der Waals surface area contributed by atoms with Gasteiger partial charge in [-0.25, -0.2) is 0 Å². The highest BCUT2D eigenvalue weighted by molar-refractivity contribution is 7.99. The second-order valence-corrected chi connectivity index (χ2v) is 5.20. The van der Waals surface area contributed by atoms with Gasteiger partial charge in [0, 0.05) is 22.4 Å². The number of benzene rings is 1. The average Bonchev–Trinajstić information content (AvgIpc) is 2.30. The van der Waals surface area contributed by atoms with Gasteiger partial charge in [-0.15, -0.1) is 11.8 Å². The monoisotopic (exact) mass is 289 g/mol. The van der Waals surface area contributed by atoms with Crippen molar-refractivity contribution in [2.75, 3.05) is 0 Å². The second-order valence-electron chi connectivity index (χ2n) is 3.58. The second kappa shape index (κ2) is 6.61. The molecule has 0 aliphatic rings. The fourth-order valence-electron chi connectivity index (χ4n) is 1.38. The minimum absolute atomic E-state index is 0.0739. The van der Waals surface area contributed by atoms with Gasteiger partial charge in [0.1, 0.15) is 5.25 Å². The van der Waals surface area contributed by atoms with Gasteiger partial charge in [-0.2, -0.15) is 0 Å². The van der Waals surface area contributed by atoms with Gasteiger partial charge >= 0.3 is 5.97 Å². The standard InChI is InChI=1S/C11H12ClNO4S/c1-2-10(11(14)15)18-6-7-3-4-8(12)5-9(7)13(16)17/h3-5,10H,2,6H2,1H3,(H,14,15). The van der Waals surface area contributed by atoms with Crippen molar-refractivity contribution >= 4 is 35.0 Å². The molecule has 0 radical (unpaired) electrons. The lowest BCUT2D eigenvalue weighted by molar-refractivity contribution is -0.385. The number of rotatable bonds is 6. The minimum Gasteiger partial charge on any atom is -0.480 e. The van der Waals surface area contributed by atoms with E-state index in [4.69, 9.17) is 16.7 Å². The first-order valence-electron chi connectivity index (χ1n) is 5.23. The predicted molar refractivity (Wildman–Crippen MR) is 71.1 cm³/mol. The lowest BCUT2D eigenvalue weighted by Crippen LogP contribution is -2.15. The Morgan fingerprint density at radius 1 is 1.61 bits per heavy atom. The molecule has 1 aromatic rings. The molecule has 0 heterocycles. The van der Waals surface area contributed by atoms with Gasteiger partial charge < -0.3 is 5.11 Å². The molecule has 0 aliphatic carbocycles. The summed E-state index contributed by atoms with van der Waals surface area (Å²) in [5.74, 6) is -0.628. The largest absolute Gasteiger partial charge is 0.480 e. The van der Waals surface area contributed by atoms with Crippen LogP contribution in [-0.4, -0.2) is 21.2 Å². The Hall–Kier alpha value is -1.27. The van der Waals surface area contributed by atoms with Crippen LogP contribution in [0.3, 0.4) is 0 Å². The first-order chi connectivity index (χ1) is 8.45. The number of aliphatic carboxylic acids is 1. The number of hydrogen-bond donors (Lipinski definition) is 1. The quantitative estimate of drug-likeness (QED) is 0.641. The molecule has 5 nitrogen and oxygen atoms in total. The van der Waals surface area contributed by atoms with Crippen LogP contribution < -0.4 is 0 Å². The maximum absolute atomic E-state index is 10.8. The Morgan fingerprint density at radius 3 is 2.78 bits per heavy atom. The van der Waals surface area contributed by atoms with Crippen LogP contribution in [0.1, 0.15) is 18.9 Å². The molecule has 0 aliphatic heterocycles. The van der Waals surface area contributed by atoms with Gasteiger partial charge in [0.15, 0.2) is 0 Å². The zero-order valence-corrected chi connectivity index (χ0v) is 11.2. The first-order valence-corrected chi connectivity index (χ1v) is 6.65. The molecule has 0 saturated heterocycles. The third-order valence-corrected chi connectivity index (χ3v) is 3.98. The summed E-state index contributed by atoms with van der Waals surface area (Å²) in [5, 5.41) is 19.5. The van der Waals surface area contributed by atoms with Gasteiger partial charge in [-0.05, 0) is 18.6 Å². The van der Waals surface area contributed by atoms with E-state index in [1.807, 2.05) is 0 Å². The highest BCUT2D eigenvalue weighted by Gasteiger charge is 2.19. The topological polar surface area (TPSA) is 80.4 Å². The lowest BCUT2D eigenvalue weighted by Gasteiger charge is -2.09. The van der Waals surface area contributed by atoms with Crippen molar-refractivity contribution in [3.05, 3.63) is 38.9 Å². The summed E-state index contributed by atoms with van der Waals surface area (Å²) in [6, 6.07) is 4.40. The number of carboxylic acid groups (broad SMARTS) is 1. The summed E-state index contributed by atoms with van der Waals surface area (Å²) in [6.07, 6.45) is 0.474. The van der Waals surface area contributed by atoms with Gasteiger partial charge in [0.2, 0.25) is 0 Å². The van der Waals surface area contributed by atoms with Crippen molar-refractivity contribution in [2.24, 2.45) is 0 Å². The lowest BCUT2D eigenvalue weighted by atomic mass is 10.2. The normalized spacial score (nSPS) is 12.1. The van der Waals surface area contributed by atoms with E-state index in [1.54, 1.807) is 19.1 Å². The van der Waals surface area contributed by atoms with E-state index in [-0.39, 0.29) is 11.4 Å². The van der Waals surface area contributed by atoms with Crippen molar-refractivity contribution < 1.29 is 14.8 Å². The average molecular weight is 290 g/mol. The van der Waals surface area contributed by atoms with Crippen molar-refractivity contribution in [3.8, 4) is 0 Å². The molecular formula is C11H12ClNO4S. The van der Waals surface area contributed by atoms with Crippen molar-refractivity contribution in [1.82, 2.24) is 0 Å². The van der Waals surface area contributed by atoms with E-state index >= 15 is 0 Å². The first kappa shape index (κ1) is 14.8. The van der Waals surface area contributed by atoms with Crippen molar-refractivity contribution in [1.29, 1.82) is 0 Å². The van der Waals surface area contributed by atoms with Crippen LogP contribution in [0, 0.1) is 10.1 Å². The number of nitro groups is 1. The molecule has 0 spiro atoms. The molecule has 1 rings (SSSR count). The Labute approximate surface area is 113 Å². The molecule has 98 valence electrons. The third-order valence-electron chi connectivity index (χ3n) is 2.33. The molecular weight excluding hydrogens is 278 g/mol. The van der Waals surface area contributed by atoms with E-state index in [0.29, 0.717) is 17.0 Å². The zero-order valence-electron chi connectivity index (χ0n) is 9.63. The van der Waals surface area contributed by atoms with Gasteiger partial charge in [0.25, 0.3) is 5.69 Å². The molecule has 1 atom stereocenters. The Bertz CT molecular complexity index is 466. The molecule has 0 saturated carbocycles. The minimum atomic E-state index is -0.904. The van der Waals surface area contributed by atoms with Crippen molar-refractivity contribution in [3.63, 3.8) is 0 Å². The molecule has 7 heteroatoms. The van der Waals surface area contributed by atoms with Crippen LogP contribution in [-0.2, 0) is 10.5 Å². The Kier molecular flexibility index (Phi) is 5.43. The van der Waals surface area contributed by atoms with E-state index in [0.717, 1.165) is 0 Å². The summed E-state index contributed by atoms with van der Waals surface area (Å²) in [6.45, 7) is 1.77. The highest BCUT2D eigenvalue weighted by Crippen LogP contribution is 2.29. The summed E-state index contributed by atoms with van der Waals surface area (Å²) in [4.78, 5) is 21.2. The van der Waals surface area contributed by atoms with Crippen LogP contribution in [0.4, 0.5) is 5.69 Å². The molecule has 1 unspecified atom stereocenters. The summed E-state index contributed by atoms with van der Waals surface area (Å²) in [7, 11) is 0. The summed E-state index contributed by atoms with van der Waals surface area (Å²) < 4.78 is 0. The number of hydrogen-bond acceptors (Lipinski definition) is 4. The van der Waals surface area contributed by atoms with Crippen LogP contribution in [0.5, 0.6) is 0 Å². The van der Waals surface area contributed by atoms with E-state index in [1.165, 1.54) is 17.8 Å². The Morgan fingerprint density at radius 2 is 2.28 bits per heavy atom. The number of carbonyl (C=O) groups is 1. The molecule has 0 amide bonds. The summed E-state index contributed by atoms with van der Waals surface area (Å²) in [5.41, 5.74) is 0.407. The SMILES string of the molecule is CCC(SCc1ccc(Cl)cc1[N+](=O)[O-])C(=O)O. The zero-order chi connectivity index (χ0) is 13.7. The number of nitrogens with zero attached hydrogens (tertiary/aromatic N) is 1. The molecule has 18 heavy (non-hydrogen) atoms.